The van der Waals surface area contributed by atoms with Gasteiger partial charge in [-0.15, -0.1) is 0 Å². The molecule has 2 aromatic carbocycles. The van der Waals surface area contributed by atoms with Crippen LogP contribution in [0.25, 0.3) is 0 Å². The van der Waals surface area contributed by atoms with Crippen LogP contribution in [-0.2, 0) is 4.79 Å². The predicted octanol–water partition coefficient (Wildman–Crippen LogP) is 4.21. The monoisotopic (exact) mass is 358 g/mol. The largest absolute Gasteiger partial charge is 0.324 e. The van der Waals surface area contributed by atoms with Crippen molar-refractivity contribution in [2.45, 2.75) is 22.8 Å². The van der Waals surface area contributed by atoms with Gasteiger partial charge in [0.25, 0.3) is 0 Å². The van der Waals surface area contributed by atoms with Crippen molar-refractivity contribution in [1.29, 1.82) is 0 Å². The Morgan fingerprint density at radius 2 is 1.75 bits per heavy atom. The van der Waals surface area contributed by atoms with Gasteiger partial charge in [-0.05, 0) is 31.2 Å². The number of anilines is 1. The van der Waals surface area contributed by atoms with Crippen molar-refractivity contribution in [2.24, 2.45) is 0 Å². The van der Waals surface area contributed by atoms with Gasteiger partial charge in [-0.1, -0.05) is 42.1 Å². The number of para-hydroxylation sites is 1. The van der Waals surface area contributed by atoms with Gasteiger partial charge in [0.15, 0.2) is 0 Å². The highest BCUT2D eigenvalue weighted by atomic mass is 32.2. The minimum Gasteiger partial charge on any atom is -0.324 e. The minimum absolute atomic E-state index is 0.0722. The van der Waals surface area contributed by atoms with Crippen LogP contribution in [0.2, 0.25) is 0 Å². The van der Waals surface area contributed by atoms with Crippen molar-refractivity contribution in [3.05, 3.63) is 54.6 Å². The van der Waals surface area contributed by atoms with Crippen molar-refractivity contribution in [3.63, 3.8) is 0 Å². The first-order chi connectivity index (χ1) is 11.7. The molecule has 126 valence electrons. The highest BCUT2D eigenvalue weighted by Gasteiger charge is 2.23. The number of amides is 1. The lowest BCUT2D eigenvalue weighted by Gasteiger charge is -2.31. The topological polar surface area (TPSA) is 32.3 Å². The minimum atomic E-state index is -0.0966. The van der Waals surface area contributed by atoms with E-state index >= 15 is 0 Å². The molecule has 2 aromatic rings. The molecule has 1 amide bonds. The van der Waals surface area contributed by atoms with E-state index in [0.29, 0.717) is 0 Å². The molecule has 1 aliphatic heterocycles. The first-order valence-electron chi connectivity index (χ1n) is 8.18. The van der Waals surface area contributed by atoms with Crippen LogP contribution >= 0.6 is 23.5 Å². The molecule has 1 heterocycles. The molecular weight excluding hydrogens is 336 g/mol. The molecule has 1 aliphatic rings. The second-order valence-corrected chi connectivity index (χ2v) is 8.06. The van der Waals surface area contributed by atoms with Crippen molar-refractivity contribution in [3.8, 4) is 0 Å². The van der Waals surface area contributed by atoms with Gasteiger partial charge in [0.2, 0.25) is 5.91 Å². The lowest BCUT2D eigenvalue weighted by Crippen LogP contribution is -2.46. The second kappa shape index (κ2) is 8.60. The summed E-state index contributed by atoms with van der Waals surface area (Å²) in [6, 6.07) is 18.1. The van der Waals surface area contributed by atoms with Gasteiger partial charge in [0, 0.05) is 34.4 Å². The molecule has 0 saturated carbocycles. The smallest absolute Gasteiger partial charge is 0.241 e. The van der Waals surface area contributed by atoms with E-state index < -0.39 is 0 Å². The number of benzene rings is 2. The van der Waals surface area contributed by atoms with Crippen molar-refractivity contribution >= 4 is 35.1 Å². The second-order valence-electron chi connectivity index (χ2n) is 5.72. The summed E-state index contributed by atoms with van der Waals surface area (Å²) >= 11 is 3.63. The predicted molar refractivity (Wildman–Crippen MR) is 104 cm³/mol. The highest BCUT2D eigenvalue weighted by Crippen LogP contribution is 2.33. The van der Waals surface area contributed by atoms with Gasteiger partial charge in [-0.25, -0.2) is 0 Å². The molecule has 1 unspecified atom stereocenters. The van der Waals surface area contributed by atoms with Gasteiger partial charge in [-0.3, -0.25) is 9.69 Å². The van der Waals surface area contributed by atoms with Gasteiger partial charge < -0.3 is 5.32 Å². The first kappa shape index (κ1) is 17.4. The number of carbonyl (C=O) groups excluding carboxylic acids is 1. The number of hydrogen-bond acceptors (Lipinski definition) is 4. The molecule has 1 N–H and O–H groups in total. The Labute approximate surface area is 152 Å². The molecule has 0 radical (unpaired) electrons. The molecule has 0 spiro atoms. The molecule has 1 atom stereocenters. The van der Waals surface area contributed by atoms with E-state index in [0.717, 1.165) is 35.2 Å². The molecule has 24 heavy (non-hydrogen) atoms. The van der Waals surface area contributed by atoms with E-state index in [1.54, 1.807) is 11.8 Å². The summed E-state index contributed by atoms with van der Waals surface area (Å²) in [5.41, 5.74) is 0.884. The number of hydrogen-bond donors (Lipinski definition) is 1. The number of rotatable bonds is 5. The Balaban J connectivity index is 1.69. The SMILES string of the molecule is CC(C(=O)Nc1ccccc1Sc1ccccc1)N1CCSCC1. The average Bonchev–Trinajstić information content (AvgIpc) is 2.64. The lowest BCUT2D eigenvalue weighted by molar-refractivity contribution is -0.120. The Morgan fingerprint density at radius 1 is 1.08 bits per heavy atom. The maximum atomic E-state index is 12.6. The van der Waals surface area contributed by atoms with E-state index in [1.807, 2.05) is 55.1 Å². The van der Waals surface area contributed by atoms with Gasteiger partial charge in [0.05, 0.1) is 11.7 Å². The molecule has 0 aromatic heterocycles. The fourth-order valence-electron chi connectivity index (χ4n) is 2.64. The molecular formula is C19H22N2OS2. The maximum absolute atomic E-state index is 12.6. The first-order valence-corrected chi connectivity index (χ1v) is 10.2. The summed E-state index contributed by atoms with van der Waals surface area (Å²) in [4.78, 5) is 17.1. The summed E-state index contributed by atoms with van der Waals surface area (Å²) in [6.07, 6.45) is 0. The molecule has 0 aliphatic carbocycles. The fourth-order valence-corrected chi connectivity index (χ4v) is 4.50. The van der Waals surface area contributed by atoms with Crippen molar-refractivity contribution < 1.29 is 4.79 Å². The zero-order valence-corrected chi connectivity index (χ0v) is 15.4. The number of nitrogens with zero attached hydrogens (tertiary/aromatic N) is 1. The fraction of sp³-hybridized carbons (Fsp3) is 0.316. The molecule has 1 fully saturated rings. The normalized spacial score (nSPS) is 16.5. The average molecular weight is 359 g/mol. The number of carbonyl (C=O) groups is 1. The van der Waals surface area contributed by atoms with Crippen LogP contribution in [0.15, 0.2) is 64.4 Å². The summed E-state index contributed by atoms with van der Waals surface area (Å²) in [5.74, 6) is 2.29. The Kier molecular flexibility index (Phi) is 6.24. The van der Waals surface area contributed by atoms with E-state index in [9.17, 15) is 4.79 Å². The molecule has 0 bridgehead atoms. The molecule has 3 nitrogen and oxygen atoms in total. The van der Waals surface area contributed by atoms with Crippen LogP contribution in [0.1, 0.15) is 6.92 Å². The summed E-state index contributed by atoms with van der Waals surface area (Å²) < 4.78 is 0. The molecule has 5 heteroatoms. The van der Waals surface area contributed by atoms with Crippen LogP contribution in [0.4, 0.5) is 5.69 Å². The van der Waals surface area contributed by atoms with Gasteiger partial charge in [0.1, 0.15) is 0 Å². The van der Waals surface area contributed by atoms with E-state index in [4.69, 9.17) is 0 Å². The summed E-state index contributed by atoms with van der Waals surface area (Å²) in [6.45, 7) is 3.97. The number of nitrogens with one attached hydrogen (secondary N) is 1. The number of thioether (sulfide) groups is 1. The highest BCUT2D eigenvalue weighted by molar-refractivity contribution is 7.99. The van der Waals surface area contributed by atoms with Crippen LogP contribution < -0.4 is 5.32 Å². The van der Waals surface area contributed by atoms with Crippen LogP contribution in [0.3, 0.4) is 0 Å². The summed E-state index contributed by atoms with van der Waals surface area (Å²) in [7, 11) is 0. The zero-order valence-electron chi connectivity index (χ0n) is 13.8. The third kappa shape index (κ3) is 4.56. The van der Waals surface area contributed by atoms with Crippen molar-refractivity contribution in [1.82, 2.24) is 4.90 Å². The molecule has 3 rings (SSSR count). The Hall–Kier alpha value is -1.43. The van der Waals surface area contributed by atoms with E-state index in [-0.39, 0.29) is 11.9 Å². The third-order valence-corrected chi connectivity index (χ3v) is 6.12. The van der Waals surface area contributed by atoms with E-state index in [2.05, 4.69) is 28.4 Å². The van der Waals surface area contributed by atoms with Gasteiger partial charge >= 0.3 is 0 Å². The Bertz CT molecular complexity index is 672. The van der Waals surface area contributed by atoms with Crippen LogP contribution in [-0.4, -0.2) is 41.4 Å². The maximum Gasteiger partial charge on any atom is 0.241 e. The quantitative estimate of drug-likeness (QED) is 0.868. The Morgan fingerprint density at radius 3 is 2.50 bits per heavy atom. The molecule has 1 saturated heterocycles. The third-order valence-electron chi connectivity index (χ3n) is 4.09. The lowest BCUT2D eigenvalue weighted by atomic mass is 10.2. The van der Waals surface area contributed by atoms with Crippen LogP contribution in [0.5, 0.6) is 0 Å². The summed E-state index contributed by atoms with van der Waals surface area (Å²) in [5, 5.41) is 3.12. The van der Waals surface area contributed by atoms with E-state index in [1.165, 1.54) is 4.90 Å². The van der Waals surface area contributed by atoms with Crippen molar-refractivity contribution in [2.75, 3.05) is 29.9 Å². The zero-order chi connectivity index (χ0) is 16.8. The van der Waals surface area contributed by atoms with Gasteiger partial charge in [-0.2, -0.15) is 11.8 Å². The standard InChI is InChI=1S/C19H22N2OS2/c1-15(21-11-13-23-14-12-21)19(22)20-17-9-5-6-10-18(17)24-16-7-3-2-4-8-16/h2-10,15H,11-14H2,1H3,(H,20,22). The van der Waals surface area contributed by atoms with Crippen LogP contribution in [0, 0.1) is 0 Å².